The van der Waals surface area contributed by atoms with Gasteiger partial charge in [0.25, 0.3) is 6.20 Å². The summed E-state index contributed by atoms with van der Waals surface area (Å²) in [5, 5.41) is 8.61. The molecule has 0 amide bonds. The molecule has 0 saturated heterocycles. The summed E-state index contributed by atoms with van der Waals surface area (Å²) in [6.45, 7) is 0.337. The van der Waals surface area contributed by atoms with E-state index in [2.05, 4.69) is 0 Å². The van der Waals surface area contributed by atoms with Gasteiger partial charge in [-0.2, -0.15) is 0 Å². The molecule has 0 atom stereocenters. The van der Waals surface area contributed by atoms with Crippen molar-refractivity contribution in [2.45, 2.75) is 0 Å². The highest BCUT2D eigenvalue weighted by Gasteiger charge is 2.07. The van der Waals surface area contributed by atoms with Crippen LogP contribution in [0.2, 0.25) is 0 Å². The van der Waals surface area contributed by atoms with Gasteiger partial charge in [-0.25, -0.2) is 0 Å². The molecule has 0 spiro atoms. The lowest BCUT2D eigenvalue weighted by molar-refractivity contribution is -0.471. The van der Waals surface area contributed by atoms with E-state index in [1.165, 1.54) is 6.08 Å². The zero-order chi connectivity index (χ0) is 5.98. The third-order valence-corrected chi connectivity index (χ3v) is 0.850. The number of hydrogen-bond donors (Lipinski definition) is 1. The summed E-state index contributed by atoms with van der Waals surface area (Å²) >= 11 is 0. The lowest BCUT2D eigenvalue weighted by Crippen LogP contribution is -2.03. The largest absolute Gasteiger partial charge is 0.503 e. The Morgan fingerprint density at radius 3 is 2.88 bits per heavy atom. The van der Waals surface area contributed by atoms with Gasteiger partial charge in [0, 0.05) is 9.67 Å². The standard InChI is InChI=1S/C5H5NO2/c7-5-2-1-3-6(8)4-5/h1-2,4H,3H2/p+1. The molecule has 0 aromatic heterocycles. The Morgan fingerprint density at radius 2 is 2.50 bits per heavy atom. The Morgan fingerprint density at radius 1 is 1.75 bits per heavy atom. The summed E-state index contributed by atoms with van der Waals surface area (Å²) in [6.07, 6.45) is 4.23. The van der Waals surface area contributed by atoms with E-state index in [1.807, 2.05) is 0 Å². The molecule has 0 saturated carbocycles. The number of rotatable bonds is 0. The third kappa shape index (κ3) is 0.932. The Kier molecular flexibility index (Phi) is 1.12. The second kappa shape index (κ2) is 1.78. The van der Waals surface area contributed by atoms with Gasteiger partial charge in [-0.15, -0.1) is 0 Å². The maximum Gasteiger partial charge on any atom is 0.262 e. The van der Waals surface area contributed by atoms with Crippen molar-refractivity contribution >= 4 is 0 Å². The topological polar surface area (TPSA) is 40.3 Å². The van der Waals surface area contributed by atoms with E-state index in [4.69, 9.17) is 5.11 Å². The second-order valence-electron chi connectivity index (χ2n) is 1.56. The van der Waals surface area contributed by atoms with Gasteiger partial charge in [0.15, 0.2) is 5.76 Å². The molecule has 0 radical (unpaired) electrons. The van der Waals surface area contributed by atoms with Crippen LogP contribution in [0, 0.1) is 4.91 Å². The quantitative estimate of drug-likeness (QED) is 0.469. The summed E-state index contributed by atoms with van der Waals surface area (Å²) in [5.74, 6) is 0.0197. The lowest BCUT2D eigenvalue weighted by atomic mass is 10.4. The van der Waals surface area contributed by atoms with Crippen LogP contribution in [-0.2, 0) is 0 Å². The molecular formula is C5H6NO2+. The first-order chi connectivity index (χ1) is 3.79. The number of allylic oxidation sites excluding steroid dienone is 1. The van der Waals surface area contributed by atoms with Gasteiger partial charge < -0.3 is 5.11 Å². The van der Waals surface area contributed by atoms with Crippen LogP contribution in [0.3, 0.4) is 0 Å². The van der Waals surface area contributed by atoms with Gasteiger partial charge in [0.1, 0.15) is 0 Å². The summed E-state index contributed by atoms with van der Waals surface area (Å²) in [6, 6.07) is 0. The highest BCUT2D eigenvalue weighted by atomic mass is 16.3. The molecule has 1 heterocycles. The number of aliphatic hydroxyl groups excluding tert-OH is 1. The molecule has 1 N–H and O–H groups in total. The van der Waals surface area contributed by atoms with Crippen LogP contribution in [0.1, 0.15) is 0 Å². The maximum absolute atomic E-state index is 10.3. The molecule has 0 aromatic rings. The maximum atomic E-state index is 10.3. The van der Waals surface area contributed by atoms with E-state index in [0.717, 1.165) is 6.20 Å². The normalized spacial score (nSPS) is 18.5. The molecule has 1 rings (SSSR count). The van der Waals surface area contributed by atoms with Gasteiger partial charge in [-0.3, -0.25) is 0 Å². The fourth-order valence-corrected chi connectivity index (χ4v) is 0.521. The molecule has 42 valence electrons. The van der Waals surface area contributed by atoms with Crippen LogP contribution in [0.5, 0.6) is 0 Å². The number of nitroso groups, excluding NO2 is 1. The molecule has 3 heteroatoms. The van der Waals surface area contributed by atoms with Gasteiger partial charge in [-0.05, 0) is 12.2 Å². The van der Waals surface area contributed by atoms with E-state index < -0.39 is 0 Å². The van der Waals surface area contributed by atoms with E-state index in [0.29, 0.717) is 11.3 Å². The van der Waals surface area contributed by atoms with Gasteiger partial charge in [0.2, 0.25) is 6.54 Å². The Bertz CT molecular complexity index is 169. The summed E-state index contributed by atoms with van der Waals surface area (Å²) in [7, 11) is 0. The fraction of sp³-hybridized carbons (Fsp3) is 0.200. The Hall–Kier alpha value is -1.12. The number of hydrogen-bond acceptors (Lipinski definition) is 2. The highest BCUT2D eigenvalue weighted by Crippen LogP contribution is 1.96. The average Bonchev–Trinajstić information content (AvgIpc) is 1.64. The average molecular weight is 112 g/mol. The minimum absolute atomic E-state index is 0.0197. The first-order valence-electron chi connectivity index (χ1n) is 2.30. The first kappa shape index (κ1) is 5.03. The molecule has 1 aliphatic heterocycles. The molecule has 8 heavy (non-hydrogen) atoms. The molecule has 0 fully saturated rings. The van der Waals surface area contributed by atoms with Gasteiger partial charge in [0.05, 0.1) is 0 Å². The minimum atomic E-state index is 0.0197. The molecule has 0 unspecified atom stereocenters. The monoisotopic (exact) mass is 112 g/mol. The van der Waals surface area contributed by atoms with Crippen molar-refractivity contribution < 1.29 is 9.87 Å². The number of aliphatic hydroxyl groups is 1. The van der Waals surface area contributed by atoms with E-state index in [1.54, 1.807) is 6.08 Å². The van der Waals surface area contributed by atoms with Crippen molar-refractivity contribution in [3.05, 3.63) is 29.0 Å². The smallest absolute Gasteiger partial charge is 0.262 e. The highest BCUT2D eigenvalue weighted by molar-refractivity contribution is 5.09. The van der Waals surface area contributed by atoms with Crippen LogP contribution < -0.4 is 0 Å². The van der Waals surface area contributed by atoms with Crippen LogP contribution in [0.15, 0.2) is 24.1 Å². The Balaban J connectivity index is 2.77. The fourth-order valence-electron chi connectivity index (χ4n) is 0.521. The Labute approximate surface area is 46.5 Å². The van der Waals surface area contributed by atoms with Crippen LogP contribution in [0.4, 0.5) is 0 Å². The minimum Gasteiger partial charge on any atom is -0.503 e. The molecule has 1 aliphatic rings. The van der Waals surface area contributed by atoms with Crippen molar-refractivity contribution in [2.24, 2.45) is 0 Å². The van der Waals surface area contributed by atoms with Crippen LogP contribution >= 0.6 is 0 Å². The van der Waals surface area contributed by atoms with Gasteiger partial charge >= 0.3 is 0 Å². The van der Waals surface area contributed by atoms with Crippen molar-refractivity contribution in [1.82, 2.24) is 0 Å². The first-order valence-corrected chi connectivity index (χ1v) is 2.30. The zero-order valence-corrected chi connectivity index (χ0v) is 4.24. The van der Waals surface area contributed by atoms with Crippen molar-refractivity contribution in [3.63, 3.8) is 0 Å². The SMILES string of the molecule is O=[N+]1C=C(O)C=CC1. The molecule has 0 aromatic carbocycles. The molecule has 3 nitrogen and oxygen atoms in total. The number of nitrogens with zero attached hydrogens (tertiary/aromatic N) is 1. The predicted octanol–water partition coefficient (Wildman–Crippen LogP) is 0.734. The van der Waals surface area contributed by atoms with E-state index in [9.17, 15) is 4.91 Å². The second-order valence-corrected chi connectivity index (χ2v) is 1.56. The summed E-state index contributed by atoms with van der Waals surface area (Å²) in [4.78, 5) is 10.3. The predicted molar refractivity (Wildman–Crippen MR) is 28.3 cm³/mol. The van der Waals surface area contributed by atoms with Gasteiger partial charge in [-0.1, -0.05) is 0 Å². The van der Waals surface area contributed by atoms with Crippen LogP contribution in [-0.4, -0.2) is 16.4 Å². The molecular weight excluding hydrogens is 106 g/mol. The summed E-state index contributed by atoms with van der Waals surface area (Å²) < 4.78 is 0.662. The summed E-state index contributed by atoms with van der Waals surface area (Å²) in [5.41, 5.74) is 0. The van der Waals surface area contributed by atoms with E-state index in [-0.39, 0.29) is 5.76 Å². The lowest BCUT2D eigenvalue weighted by Gasteiger charge is -1.88. The third-order valence-electron chi connectivity index (χ3n) is 0.850. The van der Waals surface area contributed by atoms with E-state index >= 15 is 0 Å². The molecule has 0 bridgehead atoms. The van der Waals surface area contributed by atoms with Crippen molar-refractivity contribution in [1.29, 1.82) is 0 Å². The van der Waals surface area contributed by atoms with Crippen molar-refractivity contribution in [2.75, 3.05) is 6.54 Å². The molecule has 0 aliphatic carbocycles. The van der Waals surface area contributed by atoms with Crippen molar-refractivity contribution in [3.8, 4) is 0 Å². The van der Waals surface area contributed by atoms with Crippen LogP contribution in [0.25, 0.3) is 0 Å². The zero-order valence-electron chi connectivity index (χ0n) is 4.24.